The lowest BCUT2D eigenvalue weighted by Gasteiger charge is -2.35. The number of aromatic nitrogens is 2. The van der Waals surface area contributed by atoms with Crippen molar-refractivity contribution >= 4 is 0 Å². The first-order valence-corrected chi connectivity index (χ1v) is 8.70. The molecule has 2 aromatic heterocycles. The maximum absolute atomic E-state index is 13.1. The lowest BCUT2D eigenvalue weighted by atomic mass is 9.95. The topological polar surface area (TPSA) is 58.4 Å². The van der Waals surface area contributed by atoms with Crippen LogP contribution in [-0.4, -0.2) is 32.6 Å². The van der Waals surface area contributed by atoms with Gasteiger partial charge in [-0.1, -0.05) is 6.42 Å². The second kappa shape index (κ2) is 7.18. The molecule has 24 heavy (non-hydrogen) atoms. The number of aryl methyl sites for hydroxylation is 1. The van der Waals surface area contributed by atoms with Crippen molar-refractivity contribution in [2.75, 3.05) is 13.1 Å². The SMILES string of the molecule is CCn1c(C)cc(O)c(C(c2ccncc2)N2CCCCC2)c1=O. The number of pyridine rings is 2. The fourth-order valence-corrected chi connectivity index (χ4v) is 3.70. The molecule has 0 bridgehead atoms. The van der Waals surface area contributed by atoms with E-state index in [0.29, 0.717) is 12.1 Å². The van der Waals surface area contributed by atoms with Gasteiger partial charge in [0.05, 0.1) is 11.6 Å². The van der Waals surface area contributed by atoms with Crippen LogP contribution in [0, 0.1) is 6.92 Å². The second-order valence-electron chi connectivity index (χ2n) is 6.41. The summed E-state index contributed by atoms with van der Waals surface area (Å²) in [5, 5.41) is 10.6. The van der Waals surface area contributed by atoms with Gasteiger partial charge in [-0.3, -0.25) is 14.7 Å². The molecule has 3 rings (SSSR count). The van der Waals surface area contributed by atoms with E-state index < -0.39 is 0 Å². The molecule has 128 valence electrons. The Kier molecular flexibility index (Phi) is 5.00. The van der Waals surface area contributed by atoms with E-state index in [-0.39, 0.29) is 17.4 Å². The number of piperidine rings is 1. The molecule has 0 saturated carbocycles. The Morgan fingerprint density at radius 1 is 1.21 bits per heavy atom. The fraction of sp³-hybridized carbons (Fsp3) is 0.474. The van der Waals surface area contributed by atoms with Gasteiger partial charge in [0, 0.05) is 24.6 Å². The van der Waals surface area contributed by atoms with E-state index in [1.807, 2.05) is 26.0 Å². The van der Waals surface area contributed by atoms with Crippen LogP contribution < -0.4 is 5.56 Å². The van der Waals surface area contributed by atoms with Crippen LogP contribution in [0.5, 0.6) is 5.75 Å². The lowest BCUT2D eigenvalue weighted by Crippen LogP contribution is -2.38. The Morgan fingerprint density at radius 2 is 1.88 bits per heavy atom. The maximum Gasteiger partial charge on any atom is 0.259 e. The molecule has 2 aromatic rings. The van der Waals surface area contributed by atoms with Crippen molar-refractivity contribution in [1.82, 2.24) is 14.5 Å². The van der Waals surface area contributed by atoms with Crippen LogP contribution in [0.4, 0.5) is 0 Å². The number of rotatable bonds is 4. The van der Waals surface area contributed by atoms with Gasteiger partial charge in [-0.25, -0.2) is 0 Å². The standard InChI is InChI=1S/C19H25N3O2/c1-3-22-14(2)13-16(23)17(19(22)24)18(15-7-9-20-10-8-15)21-11-5-4-6-12-21/h7-10,13,18,23H,3-6,11-12H2,1-2H3. The van der Waals surface area contributed by atoms with Gasteiger partial charge < -0.3 is 9.67 Å². The third-order valence-electron chi connectivity index (χ3n) is 4.89. The summed E-state index contributed by atoms with van der Waals surface area (Å²) < 4.78 is 1.73. The highest BCUT2D eigenvalue weighted by atomic mass is 16.3. The van der Waals surface area contributed by atoms with E-state index in [1.54, 1.807) is 23.0 Å². The van der Waals surface area contributed by atoms with Crippen LogP contribution in [0.1, 0.15) is 49.0 Å². The molecule has 0 spiro atoms. The van der Waals surface area contributed by atoms with E-state index in [2.05, 4.69) is 9.88 Å². The molecule has 0 radical (unpaired) electrons. The zero-order chi connectivity index (χ0) is 17.1. The lowest BCUT2D eigenvalue weighted by molar-refractivity contribution is 0.183. The summed E-state index contributed by atoms with van der Waals surface area (Å²) in [6, 6.07) is 5.36. The summed E-state index contributed by atoms with van der Waals surface area (Å²) in [5.41, 5.74) is 2.18. The quantitative estimate of drug-likeness (QED) is 0.938. The van der Waals surface area contributed by atoms with Gasteiger partial charge in [0.1, 0.15) is 5.75 Å². The van der Waals surface area contributed by atoms with Crippen molar-refractivity contribution in [3.8, 4) is 5.75 Å². The smallest absolute Gasteiger partial charge is 0.259 e. The fourth-order valence-electron chi connectivity index (χ4n) is 3.70. The van der Waals surface area contributed by atoms with Crippen LogP contribution in [0.3, 0.4) is 0 Å². The van der Waals surface area contributed by atoms with E-state index in [9.17, 15) is 9.90 Å². The van der Waals surface area contributed by atoms with Crippen molar-refractivity contribution in [1.29, 1.82) is 0 Å². The van der Waals surface area contributed by atoms with Crippen molar-refractivity contribution in [3.05, 3.63) is 57.8 Å². The molecule has 3 heterocycles. The normalized spacial score (nSPS) is 16.9. The molecule has 1 aliphatic heterocycles. The van der Waals surface area contributed by atoms with Gasteiger partial charge in [-0.15, -0.1) is 0 Å². The molecule has 5 nitrogen and oxygen atoms in total. The van der Waals surface area contributed by atoms with Gasteiger partial charge in [0.25, 0.3) is 5.56 Å². The highest BCUT2D eigenvalue weighted by Gasteiger charge is 2.29. The first kappa shape index (κ1) is 16.7. The molecule has 1 atom stereocenters. The molecule has 1 N–H and O–H groups in total. The third kappa shape index (κ3) is 3.08. The molecule has 1 unspecified atom stereocenters. The Labute approximate surface area is 142 Å². The van der Waals surface area contributed by atoms with Gasteiger partial charge in [0.2, 0.25) is 0 Å². The summed E-state index contributed by atoms with van der Waals surface area (Å²) in [7, 11) is 0. The zero-order valence-electron chi connectivity index (χ0n) is 14.4. The van der Waals surface area contributed by atoms with Crippen LogP contribution in [0.2, 0.25) is 0 Å². The summed E-state index contributed by atoms with van der Waals surface area (Å²) >= 11 is 0. The highest BCUT2D eigenvalue weighted by Crippen LogP contribution is 2.33. The number of nitrogens with zero attached hydrogens (tertiary/aromatic N) is 3. The van der Waals surface area contributed by atoms with E-state index in [1.165, 1.54) is 6.42 Å². The molecular weight excluding hydrogens is 302 g/mol. The molecule has 1 saturated heterocycles. The summed E-state index contributed by atoms with van der Waals surface area (Å²) in [6.45, 7) is 6.28. The number of aromatic hydroxyl groups is 1. The Balaban J connectivity index is 2.18. The molecule has 5 heteroatoms. The van der Waals surface area contributed by atoms with Crippen LogP contribution in [0.15, 0.2) is 35.4 Å². The van der Waals surface area contributed by atoms with E-state index >= 15 is 0 Å². The summed E-state index contributed by atoms with van der Waals surface area (Å²) in [4.78, 5) is 19.5. The molecular formula is C19H25N3O2. The number of hydrogen-bond acceptors (Lipinski definition) is 4. The number of likely N-dealkylation sites (tertiary alicyclic amines) is 1. The van der Waals surface area contributed by atoms with Gasteiger partial charge in [-0.05, 0) is 63.5 Å². The predicted molar refractivity (Wildman–Crippen MR) is 94.3 cm³/mol. The van der Waals surface area contributed by atoms with Crippen molar-refractivity contribution in [2.45, 2.75) is 45.7 Å². The average molecular weight is 327 g/mol. The molecule has 0 aliphatic carbocycles. The molecule has 1 aliphatic rings. The van der Waals surface area contributed by atoms with Crippen molar-refractivity contribution < 1.29 is 5.11 Å². The molecule has 1 fully saturated rings. The van der Waals surface area contributed by atoms with Crippen molar-refractivity contribution in [2.24, 2.45) is 0 Å². The maximum atomic E-state index is 13.1. The molecule has 0 aromatic carbocycles. The molecule has 0 amide bonds. The van der Waals surface area contributed by atoms with Gasteiger partial charge >= 0.3 is 0 Å². The van der Waals surface area contributed by atoms with Crippen LogP contribution in [0.25, 0.3) is 0 Å². The Hall–Kier alpha value is -2.14. The van der Waals surface area contributed by atoms with Crippen LogP contribution >= 0.6 is 0 Å². The monoisotopic (exact) mass is 327 g/mol. The minimum atomic E-state index is -0.223. The predicted octanol–water partition coefficient (Wildman–Crippen LogP) is 2.85. The largest absolute Gasteiger partial charge is 0.507 e. The minimum absolute atomic E-state index is 0.0922. The van der Waals surface area contributed by atoms with E-state index in [0.717, 1.165) is 37.2 Å². The highest BCUT2D eigenvalue weighted by molar-refractivity contribution is 5.40. The minimum Gasteiger partial charge on any atom is -0.507 e. The summed E-state index contributed by atoms with van der Waals surface area (Å²) in [5.74, 6) is 0.0922. The Bertz CT molecular complexity index is 749. The van der Waals surface area contributed by atoms with Gasteiger partial charge in [0.15, 0.2) is 0 Å². The second-order valence-corrected chi connectivity index (χ2v) is 6.41. The Morgan fingerprint density at radius 3 is 2.50 bits per heavy atom. The zero-order valence-corrected chi connectivity index (χ0v) is 14.4. The summed E-state index contributed by atoms with van der Waals surface area (Å²) in [6.07, 6.45) is 6.96. The van der Waals surface area contributed by atoms with E-state index in [4.69, 9.17) is 0 Å². The average Bonchev–Trinajstić information content (AvgIpc) is 2.60. The first-order chi connectivity index (χ1) is 11.6. The number of hydrogen-bond donors (Lipinski definition) is 1. The third-order valence-corrected chi connectivity index (χ3v) is 4.89. The van der Waals surface area contributed by atoms with Crippen LogP contribution in [-0.2, 0) is 6.54 Å². The van der Waals surface area contributed by atoms with Gasteiger partial charge in [-0.2, -0.15) is 0 Å². The van der Waals surface area contributed by atoms with Crippen molar-refractivity contribution in [3.63, 3.8) is 0 Å². The first-order valence-electron chi connectivity index (χ1n) is 8.70.